The first-order chi connectivity index (χ1) is 14.3. The summed E-state index contributed by atoms with van der Waals surface area (Å²) in [7, 11) is -3.93. The van der Waals surface area contributed by atoms with Crippen molar-refractivity contribution in [1.82, 2.24) is 10.9 Å². The molecule has 30 heavy (non-hydrogen) atoms. The van der Waals surface area contributed by atoms with Crippen LogP contribution in [0, 0.1) is 0 Å². The number of carbonyl (C=O) groups is 2. The molecule has 0 bridgehead atoms. The monoisotopic (exact) mass is 445 g/mol. The third-order valence-corrected chi connectivity index (χ3v) is 5.38. The molecule has 0 fully saturated rings. The van der Waals surface area contributed by atoms with Crippen LogP contribution in [0.25, 0.3) is 6.08 Å². The number of hydrogen-bond donors (Lipinski definition) is 3. The summed E-state index contributed by atoms with van der Waals surface area (Å²) in [6.07, 6.45) is 4.06. The van der Waals surface area contributed by atoms with Crippen molar-refractivity contribution < 1.29 is 22.4 Å². The number of benzene rings is 2. The number of carbonyl (C=O) groups excluding carboxylic acids is 2. The van der Waals surface area contributed by atoms with Gasteiger partial charge in [-0.3, -0.25) is 25.2 Å². The second-order valence-corrected chi connectivity index (χ2v) is 8.05. The molecule has 0 aliphatic heterocycles. The zero-order chi connectivity index (χ0) is 21.6. The first kappa shape index (κ1) is 21.2. The van der Waals surface area contributed by atoms with Crippen molar-refractivity contribution in [3.05, 3.63) is 89.3 Å². The summed E-state index contributed by atoms with van der Waals surface area (Å²) >= 11 is 5.79. The second kappa shape index (κ2) is 9.29. The van der Waals surface area contributed by atoms with Crippen LogP contribution in [0.1, 0.15) is 16.1 Å². The van der Waals surface area contributed by atoms with Crippen LogP contribution >= 0.6 is 11.6 Å². The van der Waals surface area contributed by atoms with Crippen molar-refractivity contribution in [2.45, 2.75) is 4.90 Å². The molecule has 3 aromatic rings. The molecule has 0 aliphatic carbocycles. The van der Waals surface area contributed by atoms with Gasteiger partial charge in [-0.1, -0.05) is 17.7 Å². The number of amides is 2. The second-order valence-electron chi connectivity index (χ2n) is 5.93. The standard InChI is InChI=1S/C20H16ClN3O5S/c21-15-6-8-16(9-7-15)24-30(27,28)18-5-1-3-14(13-18)20(26)23-22-19(25)11-10-17-4-2-12-29-17/h1-13,24H,(H,22,25)(H,23,26)/b11-10+. The maximum atomic E-state index is 12.6. The molecule has 8 nitrogen and oxygen atoms in total. The molecule has 0 saturated heterocycles. The van der Waals surface area contributed by atoms with Crippen LogP contribution < -0.4 is 15.6 Å². The lowest BCUT2D eigenvalue weighted by molar-refractivity contribution is -0.117. The smallest absolute Gasteiger partial charge is 0.269 e. The summed E-state index contributed by atoms with van der Waals surface area (Å²) in [5, 5.41) is 0.470. The number of sulfonamides is 1. The zero-order valence-corrected chi connectivity index (χ0v) is 16.9. The van der Waals surface area contributed by atoms with Gasteiger partial charge in [-0.25, -0.2) is 8.42 Å². The predicted molar refractivity (Wildman–Crippen MR) is 112 cm³/mol. The van der Waals surface area contributed by atoms with Crippen LogP contribution in [0.2, 0.25) is 5.02 Å². The van der Waals surface area contributed by atoms with Crippen molar-refractivity contribution in [2.75, 3.05) is 4.72 Å². The van der Waals surface area contributed by atoms with E-state index in [1.165, 1.54) is 54.8 Å². The lowest BCUT2D eigenvalue weighted by Crippen LogP contribution is -2.40. The number of anilines is 1. The summed E-state index contributed by atoms with van der Waals surface area (Å²) in [6, 6.07) is 14.8. The first-order valence-electron chi connectivity index (χ1n) is 8.54. The van der Waals surface area contributed by atoms with Crippen molar-refractivity contribution in [3.63, 3.8) is 0 Å². The van der Waals surface area contributed by atoms with Crippen LogP contribution in [0.3, 0.4) is 0 Å². The maximum absolute atomic E-state index is 12.6. The van der Waals surface area contributed by atoms with Gasteiger partial charge in [0.1, 0.15) is 5.76 Å². The molecule has 1 heterocycles. The molecule has 0 radical (unpaired) electrons. The van der Waals surface area contributed by atoms with E-state index >= 15 is 0 Å². The van der Waals surface area contributed by atoms with E-state index in [2.05, 4.69) is 15.6 Å². The van der Waals surface area contributed by atoms with Crippen molar-refractivity contribution in [3.8, 4) is 0 Å². The number of hydrogen-bond acceptors (Lipinski definition) is 5. The average molecular weight is 446 g/mol. The van der Waals surface area contributed by atoms with E-state index in [1.54, 1.807) is 24.3 Å². The third kappa shape index (κ3) is 5.72. The third-order valence-electron chi connectivity index (χ3n) is 3.74. The van der Waals surface area contributed by atoms with Crippen LogP contribution in [0.4, 0.5) is 5.69 Å². The average Bonchev–Trinajstić information content (AvgIpc) is 3.26. The van der Waals surface area contributed by atoms with Crippen molar-refractivity contribution >= 4 is 45.2 Å². The molecule has 154 valence electrons. The van der Waals surface area contributed by atoms with Gasteiger partial charge in [0.25, 0.3) is 21.8 Å². The van der Waals surface area contributed by atoms with Gasteiger partial charge in [-0.2, -0.15) is 0 Å². The van der Waals surface area contributed by atoms with Gasteiger partial charge in [0.05, 0.1) is 11.2 Å². The van der Waals surface area contributed by atoms with Crippen LogP contribution in [0.5, 0.6) is 0 Å². The normalized spacial score (nSPS) is 11.2. The number of nitrogens with one attached hydrogen (secondary N) is 3. The topological polar surface area (TPSA) is 118 Å². The highest BCUT2D eigenvalue weighted by molar-refractivity contribution is 7.92. The van der Waals surface area contributed by atoms with E-state index in [1.807, 2.05) is 0 Å². The minimum Gasteiger partial charge on any atom is -0.465 e. The lowest BCUT2D eigenvalue weighted by Gasteiger charge is -2.10. The Kier molecular flexibility index (Phi) is 6.55. The van der Waals surface area contributed by atoms with E-state index < -0.39 is 21.8 Å². The Labute approximate surface area is 177 Å². The Morgan fingerprint density at radius 2 is 1.73 bits per heavy atom. The Morgan fingerprint density at radius 1 is 0.967 bits per heavy atom. The molecule has 0 atom stereocenters. The number of rotatable bonds is 6. The van der Waals surface area contributed by atoms with Gasteiger partial charge in [-0.15, -0.1) is 0 Å². The minimum atomic E-state index is -3.93. The van der Waals surface area contributed by atoms with Crippen LogP contribution in [-0.4, -0.2) is 20.2 Å². The SMILES string of the molecule is O=C(/C=C/c1ccco1)NNC(=O)c1cccc(S(=O)(=O)Nc2ccc(Cl)cc2)c1. The van der Waals surface area contributed by atoms with Gasteiger partial charge in [0.15, 0.2) is 0 Å². The molecule has 3 N–H and O–H groups in total. The summed E-state index contributed by atoms with van der Waals surface area (Å²) in [4.78, 5) is 23.9. The number of furan rings is 1. The number of halogens is 1. The fraction of sp³-hybridized carbons (Fsp3) is 0. The Hall–Kier alpha value is -3.56. The molecular weight excluding hydrogens is 430 g/mol. The van der Waals surface area contributed by atoms with E-state index in [0.29, 0.717) is 16.5 Å². The fourth-order valence-electron chi connectivity index (χ4n) is 2.31. The Balaban J connectivity index is 1.64. The van der Waals surface area contributed by atoms with Crippen LogP contribution in [0.15, 0.2) is 82.3 Å². The van der Waals surface area contributed by atoms with Gasteiger partial charge >= 0.3 is 0 Å². The summed E-state index contributed by atoms with van der Waals surface area (Å²) in [5.41, 5.74) is 4.78. The van der Waals surface area contributed by atoms with Crippen molar-refractivity contribution in [2.24, 2.45) is 0 Å². The molecule has 10 heteroatoms. The Bertz CT molecular complexity index is 1170. The lowest BCUT2D eigenvalue weighted by atomic mass is 10.2. The van der Waals surface area contributed by atoms with E-state index in [0.717, 1.165) is 0 Å². The van der Waals surface area contributed by atoms with Gasteiger partial charge in [-0.05, 0) is 60.7 Å². The van der Waals surface area contributed by atoms with E-state index in [9.17, 15) is 18.0 Å². The van der Waals surface area contributed by atoms with Crippen LogP contribution in [-0.2, 0) is 14.8 Å². The highest BCUT2D eigenvalue weighted by Crippen LogP contribution is 2.19. The largest absolute Gasteiger partial charge is 0.465 e. The molecule has 0 spiro atoms. The van der Waals surface area contributed by atoms with Gasteiger partial charge in [0.2, 0.25) is 0 Å². The first-order valence-corrected chi connectivity index (χ1v) is 10.4. The molecule has 0 saturated carbocycles. The minimum absolute atomic E-state index is 0.0456. The number of hydrazine groups is 1. The summed E-state index contributed by atoms with van der Waals surface area (Å²) in [6.45, 7) is 0. The summed E-state index contributed by atoms with van der Waals surface area (Å²) in [5.74, 6) is -0.797. The van der Waals surface area contributed by atoms with Gasteiger partial charge in [0, 0.05) is 22.3 Å². The van der Waals surface area contributed by atoms with Gasteiger partial charge < -0.3 is 4.42 Å². The molecule has 0 unspecified atom stereocenters. The fourth-order valence-corrected chi connectivity index (χ4v) is 3.54. The highest BCUT2D eigenvalue weighted by Gasteiger charge is 2.17. The zero-order valence-electron chi connectivity index (χ0n) is 15.3. The van der Waals surface area contributed by atoms with E-state index in [-0.39, 0.29) is 10.5 Å². The molecule has 2 aromatic carbocycles. The van der Waals surface area contributed by atoms with Crippen molar-refractivity contribution in [1.29, 1.82) is 0 Å². The molecule has 0 aliphatic rings. The molecular formula is C20H16ClN3O5S. The predicted octanol–water partition coefficient (Wildman–Crippen LogP) is 3.21. The molecule has 1 aromatic heterocycles. The Morgan fingerprint density at radius 3 is 2.43 bits per heavy atom. The highest BCUT2D eigenvalue weighted by atomic mass is 35.5. The quantitative estimate of drug-likeness (QED) is 0.398. The summed E-state index contributed by atoms with van der Waals surface area (Å²) < 4.78 is 32.6. The molecule has 2 amide bonds. The maximum Gasteiger partial charge on any atom is 0.269 e. The molecule has 3 rings (SSSR count). The van der Waals surface area contributed by atoms with E-state index in [4.69, 9.17) is 16.0 Å².